The van der Waals surface area contributed by atoms with Gasteiger partial charge >= 0.3 is 0 Å². The molecule has 0 saturated heterocycles. The molecule has 1 aromatic carbocycles. The molecule has 1 heterocycles. The minimum atomic E-state index is -3.90. The Balaban J connectivity index is 1.89. The van der Waals surface area contributed by atoms with Crippen LogP contribution in [0.2, 0.25) is 0 Å². The predicted molar refractivity (Wildman–Crippen MR) is 115 cm³/mol. The summed E-state index contributed by atoms with van der Waals surface area (Å²) >= 11 is 1.30. The van der Waals surface area contributed by atoms with Gasteiger partial charge in [-0.2, -0.15) is 0 Å². The first kappa shape index (κ1) is 21.3. The van der Waals surface area contributed by atoms with Crippen LogP contribution in [0, 0.1) is 5.92 Å². The molecule has 1 aromatic heterocycles. The summed E-state index contributed by atoms with van der Waals surface area (Å²) in [6.07, 6.45) is 4.78. The Morgan fingerprint density at radius 1 is 1.24 bits per heavy atom. The predicted octanol–water partition coefficient (Wildman–Crippen LogP) is 3.51. The number of thiophene rings is 1. The molecule has 2 amide bonds. The van der Waals surface area contributed by atoms with E-state index in [1.165, 1.54) is 42.5 Å². The first-order chi connectivity index (χ1) is 13.7. The summed E-state index contributed by atoms with van der Waals surface area (Å²) < 4.78 is 28.2. The standard InChI is InChI=1S/C20H25N3O4S2/c1-3-4-13-5-10-16-17(11-13)28-20(18(16)19(21)25)23-29(26,27)15-8-6-14(7-9-15)22-12(2)24/h6-9,13,23H,3-5,10-11H2,1-2H3,(H2,21,25)(H,22,24)/t13-/m0/s1. The fourth-order valence-electron chi connectivity index (χ4n) is 3.74. The second-order valence-electron chi connectivity index (χ2n) is 7.28. The first-order valence-electron chi connectivity index (χ1n) is 9.56. The van der Waals surface area contributed by atoms with Crippen LogP contribution in [0.15, 0.2) is 29.2 Å². The molecule has 1 atom stereocenters. The molecule has 1 aliphatic carbocycles. The Labute approximate surface area is 174 Å². The quantitative estimate of drug-likeness (QED) is 0.616. The van der Waals surface area contributed by atoms with Gasteiger partial charge in [0.05, 0.1) is 10.5 Å². The van der Waals surface area contributed by atoms with Crippen molar-refractivity contribution < 1.29 is 18.0 Å². The number of nitrogens with one attached hydrogen (secondary N) is 2. The molecule has 156 valence electrons. The van der Waals surface area contributed by atoms with Crippen molar-refractivity contribution in [2.75, 3.05) is 10.0 Å². The molecule has 2 aromatic rings. The molecular weight excluding hydrogens is 410 g/mol. The third-order valence-corrected chi connectivity index (χ3v) is 7.69. The second-order valence-corrected chi connectivity index (χ2v) is 10.1. The Hall–Kier alpha value is -2.39. The summed E-state index contributed by atoms with van der Waals surface area (Å²) in [6.45, 7) is 3.52. The van der Waals surface area contributed by atoms with Crippen molar-refractivity contribution in [1.82, 2.24) is 0 Å². The molecule has 0 unspecified atom stereocenters. The van der Waals surface area contributed by atoms with Crippen LogP contribution in [-0.4, -0.2) is 20.2 Å². The number of primary amides is 1. The maximum absolute atomic E-state index is 12.8. The van der Waals surface area contributed by atoms with Crippen molar-refractivity contribution in [1.29, 1.82) is 0 Å². The summed E-state index contributed by atoms with van der Waals surface area (Å²) in [4.78, 5) is 24.3. The minimum Gasteiger partial charge on any atom is -0.365 e. The summed E-state index contributed by atoms with van der Waals surface area (Å²) in [5.74, 6) is -0.303. The average Bonchev–Trinajstić information content (AvgIpc) is 2.98. The van der Waals surface area contributed by atoms with Crippen LogP contribution in [0.3, 0.4) is 0 Å². The Kier molecular flexibility index (Phi) is 6.28. The SMILES string of the molecule is CCC[C@H]1CCc2c(sc(NS(=O)(=O)c3ccc(NC(C)=O)cc3)c2C(N)=O)C1. The van der Waals surface area contributed by atoms with Crippen LogP contribution >= 0.6 is 11.3 Å². The van der Waals surface area contributed by atoms with E-state index in [2.05, 4.69) is 17.0 Å². The Bertz CT molecular complexity index is 1030. The molecule has 0 spiro atoms. The maximum atomic E-state index is 12.8. The van der Waals surface area contributed by atoms with Gasteiger partial charge in [-0.15, -0.1) is 11.3 Å². The number of amides is 2. The van der Waals surface area contributed by atoms with Crippen molar-refractivity contribution in [3.8, 4) is 0 Å². The van der Waals surface area contributed by atoms with Crippen molar-refractivity contribution in [2.24, 2.45) is 11.7 Å². The molecule has 3 rings (SSSR count). The van der Waals surface area contributed by atoms with E-state index < -0.39 is 15.9 Å². The second kappa shape index (κ2) is 8.54. The number of fused-ring (bicyclic) bond motifs is 1. The van der Waals surface area contributed by atoms with Crippen LogP contribution in [0.4, 0.5) is 10.7 Å². The molecule has 0 saturated carbocycles. The fraction of sp³-hybridized carbons (Fsp3) is 0.400. The zero-order chi connectivity index (χ0) is 21.2. The summed E-state index contributed by atoms with van der Waals surface area (Å²) in [7, 11) is -3.90. The number of hydrogen-bond acceptors (Lipinski definition) is 5. The van der Waals surface area contributed by atoms with E-state index in [1.54, 1.807) is 0 Å². The number of sulfonamides is 1. The molecule has 0 aliphatic heterocycles. The highest BCUT2D eigenvalue weighted by Gasteiger charge is 2.29. The van der Waals surface area contributed by atoms with Crippen LogP contribution in [0.25, 0.3) is 0 Å². The molecule has 0 radical (unpaired) electrons. The molecule has 0 fully saturated rings. The molecule has 29 heavy (non-hydrogen) atoms. The third kappa shape index (κ3) is 4.79. The van der Waals surface area contributed by atoms with Gasteiger partial charge in [0.2, 0.25) is 5.91 Å². The topological polar surface area (TPSA) is 118 Å². The normalized spacial score (nSPS) is 16.1. The molecule has 7 nitrogen and oxygen atoms in total. The highest BCUT2D eigenvalue weighted by atomic mass is 32.2. The lowest BCUT2D eigenvalue weighted by Gasteiger charge is -2.21. The third-order valence-electron chi connectivity index (χ3n) is 5.02. The monoisotopic (exact) mass is 435 g/mol. The lowest BCUT2D eigenvalue weighted by atomic mass is 9.84. The molecule has 4 N–H and O–H groups in total. The lowest BCUT2D eigenvalue weighted by Crippen LogP contribution is -2.20. The van der Waals surface area contributed by atoms with E-state index >= 15 is 0 Å². The Morgan fingerprint density at radius 2 is 1.93 bits per heavy atom. The average molecular weight is 436 g/mol. The smallest absolute Gasteiger partial charge is 0.262 e. The van der Waals surface area contributed by atoms with E-state index in [4.69, 9.17) is 5.73 Å². The zero-order valence-corrected chi connectivity index (χ0v) is 18.1. The number of carbonyl (C=O) groups is 2. The van der Waals surface area contributed by atoms with Gasteiger partial charge in [0, 0.05) is 17.5 Å². The van der Waals surface area contributed by atoms with Crippen LogP contribution in [-0.2, 0) is 27.7 Å². The first-order valence-corrected chi connectivity index (χ1v) is 11.9. The van der Waals surface area contributed by atoms with Crippen LogP contribution < -0.4 is 15.8 Å². The number of hydrogen-bond donors (Lipinski definition) is 3. The van der Waals surface area contributed by atoms with Gasteiger partial charge in [0.25, 0.3) is 15.9 Å². The van der Waals surface area contributed by atoms with Crippen molar-refractivity contribution >= 4 is 43.9 Å². The van der Waals surface area contributed by atoms with Gasteiger partial charge in [0.1, 0.15) is 5.00 Å². The van der Waals surface area contributed by atoms with Gasteiger partial charge in [-0.1, -0.05) is 19.8 Å². The van der Waals surface area contributed by atoms with Crippen LogP contribution in [0.5, 0.6) is 0 Å². The van der Waals surface area contributed by atoms with Gasteiger partial charge in [-0.3, -0.25) is 14.3 Å². The Morgan fingerprint density at radius 3 is 2.52 bits per heavy atom. The van der Waals surface area contributed by atoms with Crippen molar-refractivity contribution in [3.63, 3.8) is 0 Å². The van der Waals surface area contributed by atoms with Crippen LogP contribution in [0.1, 0.15) is 53.9 Å². The molecule has 1 aliphatic rings. The fourth-order valence-corrected chi connectivity index (χ4v) is 6.42. The van der Waals surface area contributed by atoms with Gasteiger partial charge in [-0.25, -0.2) is 8.42 Å². The minimum absolute atomic E-state index is 0.0391. The van der Waals surface area contributed by atoms with Gasteiger partial charge in [0.15, 0.2) is 0 Å². The lowest BCUT2D eigenvalue weighted by molar-refractivity contribution is -0.114. The van der Waals surface area contributed by atoms with Gasteiger partial charge in [-0.05, 0) is 55.0 Å². The number of carbonyl (C=O) groups excluding carboxylic acids is 2. The van der Waals surface area contributed by atoms with Crippen molar-refractivity contribution in [3.05, 3.63) is 40.3 Å². The summed E-state index contributed by atoms with van der Waals surface area (Å²) in [6, 6.07) is 5.84. The number of rotatable bonds is 7. The largest absolute Gasteiger partial charge is 0.365 e. The molecular formula is C20H25N3O4S2. The van der Waals surface area contributed by atoms with E-state index in [0.717, 1.165) is 42.5 Å². The van der Waals surface area contributed by atoms with E-state index in [-0.39, 0.29) is 15.8 Å². The number of anilines is 2. The van der Waals surface area contributed by atoms with E-state index in [9.17, 15) is 18.0 Å². The highest BCUT2D eigenvalue weighted by molar-refractivity contribution is 7.93. The summed E-state index contributed by atoms with van der Waals surface area (Å²) in [5, 5.41) is 2.87. The number of nitrogens with two attached hydrogens (primary N) is 1. The number of benzene rings is 1. The van der Waals surface area contributed by atoms with Gasteiger partial charge < -0.3 is 11.1 Å². The van der Waals surface area contributed by atoms with E-state index in [0.29, 0.717) is 17.2 Å². The highest BCUT2D eigenvalue weighted by Crippen LogP contribution is 2.41. The summed E-state index contributed by atoms with van der Waals surface area (Å²) in [5.41, 5.74) is 7.27. The molecule has 9 heteroatoms. The maximum Gasteiger partial charge on any atom is 0.262 e. The molecule has 0 bridgehead atoms. The van der Waals surface area contributed by atoms with E-state index in [1.807, 2.05) is 0 Å². The zero-order valence-electron chi connectivity index (χ0n) is 16.4. The van der Waals surface area contributed by atoms with Crippen molar-refractivity contribution in [2.45, 2.75) is 50.8 Å².